The van der Waals surface area contributed by atoms with Gasteiger partial charge in [0.05, 0.1) is 12.3 Å². The molecule has 152 valence electrons. The predicted molar refractivity (Wildman–Crippen MR) is 121 cm³/mol. The Morgan fingerprint density at radius 2 is 1.96 bits per heavy atom. The highest BCUT2D eigenvalue weighted by Crippen LogP contribution is 2.47. The molecular formula is C19H31IN4O2S. The van der Waals surface area contributed by atoms with Crippen molar-refractivity contribution < 1.29 is 8.42 Å². The van der Waals surface area contributed by atoms with Gasteiger partial charge in [-0.1, -0.05) is 36.8 Å². The van der Waals surface area contributed by atoms with Crippen molar-refractivity contribution in [3.63, 3.8) is 0 Å². The van der Waals surface area contributed by atoms with Crippen molar-refractivity contribution in [1.29, 1.82) is 0 Å². The molecule has 0 aromatic heterocycles. The van der Waals surface area contributed by atoms with Gasteiger partial charge in [0, 0.05) is 26.2 Å². The second-order valence-corrected chi connectivity index (χ2v) is 9.31. The molecule has 1 saturated carbocycles. The minimum Gasteiger partial charge on any atom is -0.357 e. The van der Waals surface area contributed by atoms with E-state index in [1.165, 1.54) is 25.7 Å². The minimum absolute atomic E-state index is 0. The fourth-order valence-corrected chi connectivity index (χ4v) is 4.62. The van der Waals surface area contributed by atoms with E-state index in [4.69, 9.17) is 0 Å². The maximum Gasteiger partial charge on any atom is 0.213 e. The van der Waals surface area contributed by atoms with Crippen LogP contribution >= 0.6 is 24.0 Å². The van der Waals surface area contributed by atoms with Crippen LogP contribution < -0.4 is 10.0 Å². The van der Waals surface area contributed by atoms with Gasteiger partial charge in [-0.15, -0.1) is 24.0 Å². The first-order valence-corrected chi connectivity index (χ1v) is 11.2. The van der Waals surface area contributed by atoms with E-state index in [1.54, 1.807) is 0 Å². The maximum atomic E-state index is 12.2. The second-order valence-electron chi connectivity index (χ2n) is 7.39. The fourth-order valence-electron chi connectivity index (χ4n) is 3.76. The molecule has 0 amide bonds. The summed E-state index contributed by atoms with van der Waals surface area (Å²) in [6.07, 6.45) is 5.21. The summed E-state index contributed by atoms with van der Waals surface area (Å²) in [6, 6.07) is 9.55. The molecule has 1 spiro atoms. The molecular weight excluding hydrogens is 475 g/mol. The quantitative estimate of drug-likeness (QED) is 0.339. The molecule has 1 aromatic rings. The van der Waals surface area contributed by atoms with Crippen LogP contribution in [0.4, 0.5) is 0 Å². The highest BCUT2D eigenvalue weighted by molar-refractivity contribution is 14.0. The largest absolute Gasteiger partial charge is 0.357 e. The normalized spacial score (nSPS) is 18.9. The standard InChI is InChI=1S/C19H30N4O2S.HI/c1-2-20-18(23-13-11-19(16-23)9-6-10-19)21-12-14-26(24,25)22-15-17-7-4-3-5-8-17;/h3-5,7-8,22H,2,6,9-16H2,1H3,(H,20,21);1H. The lowest BCUT2D eigenvalue weighted by atomic mass is 9.68. The van der Waals surface area contributed by atoms with Crippen molar-refractivity contribution >= 4 is 40.0 Å². The Balaban J connectivity index is 0.00000261. The SMILES string of the molecule is CCNC(=NCCS(=O)(=O)NCc1ccccc1)N1CCC2(CCC2)C1.I. The topological polar surface area (TPSA) is 73.8 Å². The minimum atomic E-state index is -3.33. The van der Waals surface area contributed by atoms with E-state index < -0.39 is 10.0 Å². The summed E-state index contributed by atoms with van der Waals surface area (Å²) in [4.78, 5) is 6.87. The smallest absolute Gasteiger partial charge is 0.213 e. The van der Waals surface area contributed by atoms with Gasteiger partial charge in [-0.25, -0.2) is 13.1 Å². The van der Waals surface area contributed by atoms with Crippen molar-refractivity contribution in [2.45, 2.75) is 39.2 Å². The molecule has 0 atom stereocenters. The summed E-state index contributed by atoms with van der Waals surface area (Å²) in [6.45, 7) is 5.50. The Bertz CT molecular complexity index is 720. The number of hydrogen-bond acceptors (Lipinski definition) is 3. The van der Waals surface area contributed by atoms with E-state index in [0.717, 1.165) is 31.2 Å². The van der Waals surface area contributed by atoms with Gasteiger partial charge in [0.2, 0.25) is 10.0 Å². The number of nitrogens with zero attached hydrogens (tertiary/aromatic N) is 2. The van der Waals surface area contributed by atoms with Gasteiger partial charge in [-0.3, -0.25) is 4.99 Å². The molecule has 1 saturated heterocycles. The zero-order chi connectivity index (χ0) is 18.5. The third kappa shape index (κ3) is 6.32. The van der Waals surface area contributed by atoms with Gasteiger partial charge < -0.3 is 10.2 Å². The Labute approximate surface area is 180 Å². The number of halogens is 1. The molecule has 0 radical (unpaired) electrons. The van der Waals surface area contributed by atoms with E-state index in [2.05, 4.69) is 19.9 Å². The summed E-state index contributed by atoms with van der Waals surface area (Å²) in [7, 11) is -3.33. The summed E-state index contributed by atoms with van der Waals surface area (Å²) < 4.78 is 27.1. The number of hydrogen-bond donors (Lipinski definition) is 2. The Morgan fingerprint density at radius 1 is 1.22 bits per heavy atom. The summed E-state index contributed by atoms with van der Waals surface area (Å²) in [5, 5.41) is 3.32. The van der Waals surface area contributed by atoms with Crippen LogP contribution in [0.25, 0.3) is 0 Å². The van der Waals surface area contributed by atoms with Crippen molar-refractivity contribution in [2.75, 3.05) is 31.9 Å². The Kier molecular flexibility index (Phi) is 8.36. The number of benzene rings is 1. The number of sulfonamides is 1. The molecule has 1 aromatic carbocycles. The molecule has 6 nitrogen and oxygen atoms in total. The number of rotatable bonds is 7. The first-order chi connectivity index (χ1) is 12.5. The average molecular weight is 506 g/mol. The summed E-state index contributed by atoms with van der Waals surface area (Å²) >= 11 is 0. The van der Waals surface area contributed by atoms with E-state index in [0.29, 0.717) is 12.0 Å². The van der Waals surface area contributed by atoms with Crippen LogP contribution in [0.1, 0.15) is 38.2 Å². The third-order valence-electron chi connectivity index (χ3n) is 5.45. The number of nitrogens with one attached hydrogen (secondary N) is 2. The third-order valence-corrected chi connectivity index (χ3v) is 6.75. The number of aliphatic imine (C=N–C) groups is 1. The molecule has 2 aliphatic rings. The average Bonchev–Trinajstić information content (AvgIpc) is 3.06. The Hall–Kier alpha value is -0.870. The highest BCUT2D eigenvalue weighted by Gasteiger charge is 2.43. The van der Waals surface area contributed by atoms with E-state index in [-0.39, 0.29) is 36.3 Å². The molecule has 0 bridgehead atoms. The Morgan fingerprint density at radius 3 is 2.56 bits per heavy atom. The molecule has 3 rings (SSSR count). The fraction of sp³-hybridized carbons (Fsp3) is 0.632. The van der Waals surface area contributed by atoms with Crippen LogP contribution in [0, 0.1) is 5.41 Å². The molecule has 2 N–H and O–H groups in total. The van der Waals surface area contributed by atoms with Gasteiger partial charge in [-0.05, 0) is 37.2 Å². The highest BCUT2D eigenvalue weighted by atomic mass is 127. The van der Waals surface area contributed by atoms with Crippen LogP contribution in [0.3, 0.4) is 0 Å². The zero-order valence-electron chi connectivity index (χ0n) is 16.0. The molecule has 1 aliphatic carbocycles. The number of likely N-dealkylation sites (tertiary alicyclic amines) is 1. The van der Waals surface area contributed by atoms with Crippen molar-refractivity contribution in [1.82, 2.24) is 14.9 Å². The van der Waals surface area contributed by atoms with Crippen molar-refractivity contribution in [3.05, 3.63) is 35.9 Å². The molecule has 8 heteroatoms. The molecule has 1 aliphatic heterocycles. The second kappa shape index (κ2) is 10.1. The molecule has 27 heavy (non-hydrogen) atoms. The molecule has 0 unspecified atom stereocenters. The number of guanidine groups is 1. The first-order valence-electron chi connectivity index (χ1n) is 9.56. The lowest BCUT2D eigenvalue weighted by Crippen LogP contribution is -2.42. The summed E-state index contributed by atoms with van der Waals surface area (Å²) in [5.74, 6) is 0.864. The lowest BCUT2D eigenvalue weighted by Gasteiger charge is -2.38. The van der Waals surface area contributed by atoms with Crippen LogP contribution in [-0.2, 0) is 16.6 Å². The summed E-state index contributed by atoms with van der Waals surface area (Å²) in [5.41, 5.74) is 1.45. The van der Waals surface area contributed by atoms with Crippen LogP contribution in [0.15, 0.2) is 35.3 Å². The molecule has 1 heterocycles. The lowest BCUT2D eigenvalue weighted by molar-refractivity contribution is 0.151. The van der Waals surface area contributed by atoms with Gasteiger partial charge >= 0.3 is 0 Å². The van der Waals surface area contributed by atoms with Gasteiger partial charge in [0.1, 0.15) is 0 Å². The van der Waals surface area contributed by atoms with Gasteiger partial charge in [0.25, 0.3) is 0 Å². The predicted octanol–water partition coefficient (Wildman–Crippen LogP) is 2.57. The maximum absolute atomic E-state index is 12.2. The monoisotopic (exact) mass is 506 g/mol. The zero-order valence-corrected chi connectivity index (χ0v) is 19.1. The van der Waals surface area contributed by atoms with E-state index >= 15 is 0 Å². The van der Waals surface area contributed by atoms with Crippen LogP contribution in [0.5, 0.6) is 0 Å². The van der Waals surface area contributed by atoms with E-state index in [1.807, 2.05) is 37.3 Å². The van der Waals surface area contributed by atoms with Gasteiger partial charge in [0.15, 0.2) is 5.96 Å². The van der Waals surface area contributed by atoms with Crippen molar-refractivity contribution in [2.24, 2.45) is 10.4 Å². The van der Waals surface area contributed by atoms with Crippen LogP contribution in [-0.4, -0.2) is 51.2 Å². The molecule has 2 fully saturated rings. The van der Waals surface area contributed by atoms with E-state index in [9.17, 15) is 8.42 Å². The first kappa shape index (κ1) is 22.4. The van der Waals surface area contributed by atoms with Gasteiger partial charge in [-0.2, -0.15) is 0 Å². The van der Waals surface area contributed by atoms with Crippen molar-refractivity contribution in [3.8, 4) is 0 Å². The van der Waals surface area contributed by atoms with Crippen LogP contribution in [0.2, 0.25) is 0 Å².